The molecule has 0 aromatic carbocycles. The number of hydrogen-bond acceptors (Lipinski definition) is 5. The molecule has 2 N–H and O–H groups in total. The van der Waals surface area contributed by atoms with Gasteiger partial charge in [-0.3, -0.25) is 19.8 Å². The van der Waals surface area contributed by atoms with Gasteiger partial charge in [-0.25, -0.2) is 4.79 Å². The van der Waals surface area contributed by atoms with Crippen LogP contribution in [0.5, 0.6) is 0 Å². The van der Waals surface area contributed by atoms with Crippen LogP contribution in [0.15, 0.2) is 17.5 Å². The molecule has 3 heterocycles. The Morgan fingerprint density at radius 3 is 2.48 bits per heavy atom. The average Bonchev–Trinajstić information content (AvgIpc) is 3.34. The summed E-state index contributed by atoms with van der Waals surface area (Å²) in [5, 5.41) is 5.54. The second kappa shape index (κ2) is 7.78. The van der Waals surface area contributed by atoms with Gasteiger partial charge in [0.15, 0.2) is 0 Å². The first-order chi connectivity index (χ1) is 13.9. The van der Waals surface area contributed by atoms with Crippen molar-refractivity contribution in [1.82, 2.24) is 20.7 Å². The number of nitrogens with one attached hydrogen (secondary N) is 2. The average molecular weight is 419 g/mol. The standard InChI is InChI=1S/C20H26N4O4S/c1-13-4-8-20(9-5-13)18(27)24(19(28)21-20)22-16(25)14-6-10-23(11-7-14)17(26)15-3-2-12-29-15/h2-3,12-14H,4-11H2,1H3,(H,21,28)(H,22,25). The van der Waals surface area contributed by atoms with E-state index in [1.165, 1.54) is 11.3 Å². The van der Waals surface area contributed by atoms with Gasteiger partial charge in [0, 0.05) is 19.0 Å². The summed E-state index contributed by atoms with van der Waals surface area (Å²) in [6, 6.07) is 3.09. The van der Waals surface area contributed by atoms with Crippen molar-refractivity contribution in [3.63, 3.8) is 0 Å². The smallest absolute Gasteiger partial charge is 0.338 e. The quantitative estimate of drug-likeness (QED) is 0.735. The molecule has 1 spiro atoms. The van der Waals surface area contributed by atoms with Crippen molar-refractivity contribution in [2.45, 2.75) is 51.0 Å². The highest BCUT2D eigenvalue weighted by Crippen LogP contribution is 2.36. The van der Waals surface area contributed by atoms with E-state index < -0.39 is 11.6 Å². The lowest BCUT2D eigenvalue weighted by Crippen LogP contribution is -2.53. The number of hydrogen-bond donors (Lipinski definition) is 2. The first kappa shape index (κ1) is 19.9. The number of hydrazine groups is 1. The maximum Gasteiger partial charge on any atom is 0.344 e. The molecule has 3 aliphatic rings. The Balaban J connectivity index is 1.32. The summed E-state index contributed by atoms with van der Waals surface area (Å²) < 4.78 is 0. The van der Waals surface area contributed by atoms with Gasteiger partial charge in [-0.15, -0.1) is 11.3 Å². The highest BCUT2D eigenvalue weighted by Gasteiger charge is 2.53. The Labute approximate surface area is 173 Å². The lowest BCUT2D eigenvalue weighted by molar-refractivity contribution is -0.142. The fraction of sp³-hybridized carbons (Fsp3) is 0.600. The van der Waals surface area contributed by atoms with Gasteiger partial charge in [0.2, 0.25) is 5.91 Å². The Morgan fingerprint density at radius 1 is 1.17 bits per heavy atom. The van der Waals surface area contributed by atoms with E-state index in [1.54, 1.807) is 11.0 Å². The molecule has 1 aromatic heterocycles. The molecule has 0 bridgehead atoms. The molecule has 29 heavy (non-hydrogen) atoms. The molecule has 2 saturated heterocycles. The summed E-state index contributed by atoms with van der Waals surface area (Å²) >= 11 is 1.41. The fourth-order valence-electron chi connectivity index (χ4n) is 4.42. The molecule has 1 aromatic rings. The number of rotatable bonds is 3. The van der Waals surface area contributed by atoms with Crippen LogP contribution in [-0.4, -0.2) is 52.3 Å². The van der Waals surface area contributed by atoms with Crippen LogP contribution in [-0.2, 0) is 9.59 Å². The molecule has 1 saturated carbocycles. The van der Waals surface area contributed by atoms with E-state index in [9.17, 15) is 19.2 Å². The zero-order chi connectivity index (χ0) is 20.6. The third-order valence-corrected chi connectivity index (χ3v) is 7.25. The van der Waals surface area contributed by atoms with Gasteiger partial charge in [-0.2, -0.15) is 5.01 Å². The fourth-order valence-corrected chi connectivity index (χ4v) is 5.11. The Morgan fingerprint density at radius 2 is 1.86 bits per heavy atom. The molecule has 1 aliphatic carbocycles. The SMILES string of the molecule is CC1CCC2(CC1)NC(=O)N(NC(=O)C1CCN(C(=O)c3cccs3)CC1)C2=O. The Hall–Kier alpha value is -2.42. The van der Waals surface area contributed by atoms with E-state index in [1.807, 2.05) is 11.4 Å². The van der Waals surface area contributed by atoms with E-state index >= 15 is 0 Å². The Bertz CT molecular complexity index is 808. The first-order valence-electron chi connectivity index (χ1n) is 10.2. The van der Waals surface area contributed by atoms with Crippen molar-refractivity contribution < 1.29 is 19.2 Å². The number of carbonyl (C=O) groups excluding carboxylic acids is 4. The van der Waals surface area contributed by atoms with E-state index in [-0.39, 0.29) is 23.6 Å². The number of urea groups is 1. The minimum Gasteiger partial charge on any atom is -0.338 e. The van der Waals surface area contributed by atoms with Gasteiger partial charge in [0.05, 0.1) is 4.88 Å². The molecular formula is C20H26N4O4S. The highest BCUT2D eigenvalue weighted by molar-refractivity contribution is 7.12. The lowest BCUT2D eigenvalue weighted by Gasteiger charge is -2.34. The first-order valence-corrected chi connectivity index (χ1v) is 11.1. The normalized spacial score (nSPS) is 28.0. The van der Waals surface area contributed by atoms with Gasteiger partial charge in [-0.05, 0) is 55.9 Å². The van der Waals surface area contributed by atoms with E-state index in [4.69, 9.17) is 0 Å². The summed E-state index contributed by atoms with van der Waals surface area (Å²) in [5.41, 5.74) is 1.67. The van der Waals surface area contributed by atoms with Crippen molar-refractivity contribution in [2.24, 2.45) is 11.8 Å². The van der Waals surface area contributed by atoms with Crippen LogP contribution < -0.4 is 10.7 Å². The van der Waals surface area contributed by atoms with Crippen molar-refractivity contribution >= 4 is 35.1 Å². The van der Waals surface area contributed by atoms with Crippen LogP contribution in [0.25, 0.3) is 0 Å². The summed E-state index contributed by atoms with van der Waals surface area (Å²) in [6.07, 6.45) is 3.99. The molecular weight excluding hydrogens is 392 g/mol. The minimum atomic E-state index is -0.868. The molecule has 9 heteroatoms. The minimum absolute atomic E-state index is 0.0126. The second-order valence-electron chi connectivity index (χ2n) is 8.36. The van der Waals surface area contributed by atoms with E-state index in [0.717, 1.165) is 17.9 Å². The molecule has 0 radical (unpaired) electrons. The lowest BCUT2D eigenvalue weighted by atomic mass is 9.77. The van der Waals surface area contributed by atoms with Crippen molar-refractivity contribution in [1.29, 1.82) is 0 Å². The molecule has 0 atom stereocenters. The number of amides is 5. The van der Waals surface area contributed by atoms with Crippen LogP contribution in [0.1, 0.15) is 55.1 Å². The topological polar surface area (TPSA) is 98.8 Å². The summed E-state index contributed by atoms with van der Waals surface area (Å²) in [5.74, 6) is -0.491. The number of imide groups is 1. The molecule has 3 fully saturated rings. The van der Waals surface area contributed by atoms with Crippen molar-refractivity contribution in [3.8, 4) is 0 Å². The maximum atomic E-state index is 12.9. The molecule has 156 valence electrons. The predicted octanol–water partition coefficient (Wildman–Crippen LogP) is 2.13. The number of likely N-dealkylation sites (tertiary alicyclic amines) is 1. The zero-order valence-corrected chi connectivity index (χ0v) is 17.3. The Kier molecular flexibility index (Phi) is 5.33. The summed E-state index contributed by atoms with van der Waals surface area (Å²) in [4.78, 5) is 52.8. The van der Waals surface area contributed by atoms with Gasteiger partial charge < -0.3 is 10.2 Å². The van der Waals surface area contributed by atoms with Crippen LogP contribution in [0.3, 0.4) is 0 Å². The van der Waals surface area contributed by atoms with Gasteiger partial charge in [0.1, 0.15) is 5.54 Å². The zero-order valence-electron chi connectivity index (χ0n) is 16.5. The number of piperidine rings is 1. The molecule has 5 amide bonds. The van der Waals surface area contributed by atoms with Gasteiger partial charge in [0.25, 0.3) is 11.8 Å². The monoisotopic (exact) mass is 418 g/mol. The molecule has 2 aliphatic heterocycles. The molecule has 4 rings (SSSR count). The molecule has 8 nitrogen and oxygen atoms in total. The van der Waals surface area contributed by atoms with Crippen LogP contribution in [0.2, 0.25) is 0 Å². The van der Waals surface area contributed by atoms with E-state index in [2.05, 4.69) is 17.7 Å². The third-order valence-electron chi connectivity index (χ3n) is 6.40. The summed E-state index contributed by atoms with van der Waals surface area (Å²) in [7, 11) is 0. The van der Waals surface area contributed by atoms with Crippen molar-refractivity contribution in [3.05, 3.63) is 22.4 Å². The highest BCUT2D eigenvalue weighted by atomic mass is 32.1. The van der Waals surface area contributed by atoms with Crippen LogP contribution >= 0.6 is 11.3 Å². The van der Waals surface area contributed by atoms with Gasteiger partial charge >= 0.3 is 6.03 Å². The second-order valence-corrected chi connectivity index (χ2v) is 9.30. The third kappa shape index (κ3) is 3.75. The molecule has 0 unspecified atom stereocenters. The van der Waals surface area contributed by atoms with Crippen LogP contribution in [0.4, 0.5) is 4.79 Å². The predicted molar refractivity (Wildman–Crippen MR) is 107 cm³/mol. The van der Waals surface area contributed by atoms with E-state index in [0.29, 0.717) is 49.6 Å². The van der Waals surface area contributed by atoms with Gasteiger partial charge in [-0.1, -0.05) is 13.0 Å². The number of nitrogens with zero attached hydrogens (tertiary/aromatic N) is 2. The maximum absolute atomic E-state index is 12.9. The largest absolute Gasteiger partial charge is 0.344 e. The van der Waals surface area contributed by atoms with Crippen molar-refractivity contribution in [2.75, 3.05) is 13.1 Å². The summed E-state index contributed by atoms with van der Waals surface area (Å²) in [6.45, 7) is 3.11. The number of thiophene rings is 1. The number of carbonyl (C=O) groups is 4. The van der Waals surface area contributed by atoms with Crippen LogP contribution in [0, 0.1) is 11.8 Å².